The van der Waals surface area contributed by atoms with Crippen molar-refractivity contribution < 1.29 is 29.1 Å². The number of hydrogen-bond donors (Lipinski definition) is 2. The van der Waals surface area contributed by atoms with E-state index >= 15 is 0 Å². The van der Waals surface area contributed by atoms with Crippen LogP contribution in [0.2, 0.25) is 0 Å². The Kier molecular flexibility index (Phi) is 5.43. The van der Waals surface area contributed by atoms with Crippen LogP contribution >= 0.6 is 11.8 Å². The summed E-state index contributed by atoms with van der Waals surface area (Å²) in [7, 11) is 4.15. The van der Waals surface area contributed by atoms with Crippen molar-refractivity contribution in [1.29, 1.82) is 0 Å². The van der Waals surface area contributed by atoms with Crippen LogP contribution in [0.1, 0.15) is 33.1 Å². The molecule has 2 amide bonds. The summed E-state index contributed by atoms with van der Waals surface area (Å²) in [6, 6.07) is -0.410. The van der Waals surface area contributed by atoms with Gasteiger partial charge in [0.05, 0.1) is 44.0 Å². The van der Waals surface area contributed by atoms with E-state index < -0.39 is 18.0 Å². The Balaban J connectivity index is 1.54. The van der Waals surface area contributed by atoms with Crippen LogP contribution < -0.4 is 0 Å². The minimum Gasteiger partial charge on any atom is -0.477 e. The number of fused-ring (bicyclic) bond motifs is 1. The van der Waals surface area contributed by atoms with Crippen molar-refractivity contribution in [2.45, 2.75) is 56.5 Å². The van der Waals surface area contributed by atoms with Gasteiger partial charge in [-0.05, 0) is 19.8 Å². The van der Waals surface area contributed by atoms with Gasteiger partial charge in [0.25, 0.3) is 5.91 Å². The zero-order valence-electron chi connectivity index (χ0n) is 18.1. The Labute approximate surface area is 181 Å². The monoisotopic (exact) mass is 438 g/mol. The summed E-state index contributed by atoms with van der Waals surface area (Å²) in [4.78, 5) is 41.7. The van der Waals surface area contributed by atoms with Crippen molar-refractivity contribution in [3.05, 3.63) is 10.6 Å². The van der Waals surface area contributed by atoms with Gasteiger partial charge < -0.3 is 24.5 Å². The molecule has 0 aromatic carbocycles. The lowest BCUT2D eigenvalue weighted by Gasteiger charge is -2.46. The second-order valence-electron chi connectivity index (χ2n) is 9.76. The maximum atomic E-state index is 13.1. The number of quaternary nitrogens is 1. The van der Waals surface area contributed by atoms with Gasteiger partial charge >= 0.3 is 5.97 Å². The number of β-lactam (4-membered cyclic amide) rings is 1. The van der Waals surface area contributed by atoms with Crippen molar-refractivity contribution in [2.75, 3.05) is 33.7 Å². The van der Waals surface area contributed by atoms with Gasteiger partial charge in [-0.25, -0.2) is 4.79 Å². The summed E-state index contributed by atoms with van der Waals surface area (Å²) in [6.07, 6.45) is 2.03. The molecule has 166 valence electrons. The maximum Gasteiger partial charge on any atom is 0.353 e. The molecule has 2 N–H and O–H groups in total. The average Bonchev–Trinajstić information content (AvgIpc) is 3.32. The molecule has 0 spiro atoms. The van der Waals surface area contributed by atoms with Gasteiger partial charge in [-0.2, -0.15) is 0 Å². The van der Waals surface area contributed by atoms with Gasteiger partial charge in [0.2, 0.25) is 5.91 Å². The quantitative estimate of drug-likeness (QED) is 0.485. The van der Waals surface area contributed by atoms with Crippen molar-refractivity contribution in [1.82, 2.24) is 9.80 Å². The second kappa shape index (κ2) is 7.53. The summed E-state index contributed by atoms with van der Waals surface area (Å²) < 4.78 is 0.597. The fraction of sp³-hybridized carbons (Fsp3) is 0.762. The third-order valence-electron chi connectivity index (χ3n) is 7.31. The number of carbonyl (C=O) groups is 3. The minimum absolute atomic E-state index is 0.0685. The van der Waals surface area contributed by atoms with E-state index in [1.54, 1.807) is 6.92 Å². The van der Waals surface area contributed by atoms with Crippen LogP contribution in [-0.4, -0.2) is 99.4 Å². The highest BCUT2D eigenvalue weighted by Gasteiger charge is 2.60. The number of rotatable bonds is 5. The van der Waals surface area contributed by atoms with E-state index in [0.717, 1.165) is 32.5 Å². The van der Waals surface area contributed by atoms with Crippen molar-refractivity contribution in [3.63, 3.8) is 0 Å². The van der Waals surface area contributed by atoms with Gasteiger partial charge in [0.15, 0.2) is 6.04 Å². The molecule has 4 heterocycles. The third kappa shape index (κ3) is 3.26. The second-order valence-corrected chi connectivity index (χ2v) is 11.1. The lowest BCUT2D eigenvalue weighted by Crippen LogP contribution is -2.63. The normalized spacial score (nSPS) is 36.2. The first-order valence-corrected chi connectivity index (χ1v) is 11.7. The first-order valence-electron chi connectivity index (χ1n) is 10.8. The summed E-state index contributed by atoms with van der Waals surface area (Å²) >= 11 is 1.53. The summed E-state index contributed by atoms with van der Waals surface area (Å²) in [5.41, 5.74) is 0.0685. The van der Waals surface area contributed by atoms with E-state index in [4.69, 9.17) is 0 Å². The molecule has 4 aliphatic rings. The van der Waals surface area contributed by atoms with Gasteiger partial charge in [0.1, 0.15) is 5.70 Å². The van der Waals surface area contributed by atoms with Crippen LogP contribution in [0.3, 0.4) is 0 Å². The number of aliphatic carboxylic acids is 1. The van der Waals surface area contributed by atoms with Crippen molar-refractivity contribution >= 4 is 29.5 Å². The standard InChI is InChI=1S/C21H31N3O5S/c1-11-16-15(12(2)25)20(27)23(16)17(21(28)29)18(11)30-13-9-14(24(3,4)10-13)19(26)22-7-5-6-8-22/h11-16,25H,5-10H2,1-4H3/p+1/t11-,12-,13+,14+,15-,16-/m1/s1. The third-order valence-corrected chi connectivity index (χ3v) is 8.81. The van der Waals surface area contributed by atoms with Crippen molar-refractivity contribution in [3.8, 4) is 0 Å². The highest BCUT2D eigenvalue weighted by Crippen LogP contribution is 2.52. The topological polar surface area (TPSA) is 98.1 Å². The smallest absolute Gasteiger partial charge is 0.353 e. The molecule has 30 heavy (non-hydrogen) atoms. The highest BCUT2D eigenvalue weighted by molar-refractivity contribution is 8.03. The molecule has 0 unspecified atom stereocenters. The number of carbonyl (C=O) groups excluding carboxylic acids is 2. The van der Waals surface area contributed by atoms with E-state index in [1.165, 1.54) is 16.7 Å². The van der Waals surface area contributed by atoms with Crippen LogP contribution in [0, 0.1) is 11.8 Å². The first kappa shape index (κ1) is 21.6. The maximum absolute atomic E-state index is 13.1. The summed E-state index contributed by atoms with van der Waals surface area (Å²) in [6.45, 7) is 5.97. The molecule has 3 fully saturated rings. The number of aliphatic hydroxyl groups excluding tert-OH is 1. The van der Waals surface area contributed by atoms with Crippen LogP contribution in [-0.2, 0) is 14.4 Å². The number of hydrogen-bond acceptors (Lipinski definition) is 5. The Morgan fingerprint density at radius 1 is 1.23 bits per heavy atom. The van der Waals surface area contributed by atoms with Gasteiger partial charge in [-0.15, -0.1) is 11.8 Å². The molecule has 6 atom stereocenters. The Hall–Kier alpha value is -1.58. The number of carboxylic acid groups (broad SMARTS) is 1. The SMILES string of the molecule is C[C@@H](O)[C@H]1C(=O)N2C(C(=O)O)=C(S[C@H]3C[C@@H](C(=O)N4CCCC4)[N+](C)(C)C3)[C@H](C)[C@H]12. The molecule has 8 nitrogen and oxygen atoms in total. The van der Waals surface area contributed by atoms with Crippen LogP contribution in [0.4, 0.5) is 0 Å². The van der Waals surface area contributed by atoms with E-state index in [9.17, 15) is 24.6 Å². The van der Waals surface area contributed by atoms with Crippen LogP contribution in [0.5, 0.6) is 0 Å². The number of nitrogens with zero attached hydrogens (tertiary/aromatic N) is 3. The highest BCUT2D eigenvalue weighted by atomic mass is 32.2. The molecule has 3 saturated heterocycles. The number of carboxylic acids is 1. The summed E-state index contributed by atoms with van der Waals surface area (Å²) in [5.74, 6) is -1.88. The molecule has 0 bridgehead atoms. The molecule has 0 aromatic rings. The Morgan fingerprint density at radius 2 is 1.87 bits per heavy atom. The molecular weight excluding hydrogens is 406 g/mol. The molecular formula is C21H32N3O5S+. The largest absolute Gasteiger partial charge is 0.477 e. The predicted molar refractivity (Wildman–Crippen MR) is 112 cm³/mol. The predicted octanol–water partition coefficient (Wildman–Crippen LogP) is 0.713. The molecule has 0 radical (unpaired) electrons. The van der Waals surface area contributed by atoms with E-state index in [0.29, 0.717) is 15.8 Å². The zero-order valence-corrected chi connectivity index (χ0v) is 18.9. The Morgan fingerprint density at radius 3 is 2.43 bits per heavy atom. The van der Waals surface area contributed by atoms with E-state index in [-0.39, 0.29) is 40.8 Å². The molecule has 0 aromatic heterocycles. The average molecular weight is 439 g/mol. The van der Waals surface area contributed by atoms with Gasteiger partial charge in [-0.3, -0.25) is 9.59 Å². The number of aliphatic hydroxyl groups is 1. The zero-order chi connectivity index (χ0) is 22.0. The molecule has 0 aliphatic carbocycles. The van der Waals surface area contributed by atoms with Crippen molar-refractivity contribution in [2.24, 2.45) is 11.8 Å². The number of likely N-dealkylation sites (tertiary alicyclic amines) is 2. The molecule has 0 saturated carbocycles. The van der Waals surface area contributed by atoms with Gasteiger partial charge in [-0.1, -0.05) is 6.92 Å². The van der Waals surface area contributed by atoms with Crippen LogP contribution in [0.15, 0.2) is 10.6 Å². The summed E-state index contributed by atoms with van der Waals surface area (Å²) in [5, 5.41) is 20.0. The molecule has 9 heteroatoms. The fourth-order valence-corrected chi connectivity index (χ4v) is 7.50. The molecule has 4 aliphatic heterocycles. The minimum atomic E-state index is -1.10. The van der Waals surface area contributed by atoms with Gasteiger partial charge in [0, 0.05) is 30.3 Å². The van der Waals surface area contributed by atoms with E-state index in [1.807, 2.05) is 11.8 Å². The Bertz CT molecular complexity index is 804. The molecule has 4 rings (SSSR count). The van der Waals surface area contributed by atoms with E-state index in [2.05, 4.69) is 14.1 Å². The number of amides is 2. The first-order chi connectivity index (χ1) is 14.0. The number of thioether (sulfide) groups is 1. The van der Waals surface area contributed by atoms with Crippen LogP contribution in [0.25, 0.3) is 0 Å². The fourth-order valence-electron chi connectivity index (χ4n) is 5.75. The lowest BCUT2D eigenvalue weighted by molar-refractivity contribution is -0.893. The number of likely N-dealkylation sites (N-methyl/N-ethyl adjacent to an activating group) is 1. The lowest BCUT2D eigenvalue weighted by atomic mass is 9.79.